The number of ketones is 1. The van der Waals surface area contributed by atoms with Crippen LogP contribution in [0.3, 0.4) is 0 Å². The lowest BCUT2D eigenvalue weighted by Gasteiger charge is -2.42. The van der Waals surface area contributed by atoms with Crippen molar-refractivity contribution in [2.75, 3.05) is 54.1 Å². The van der Waals surface area contributed by atoms with Crippen LogP contribution < -0.4 is 0 Å². The van der Waals surface area contributed by atoms with E-state index in [-0.39, 0.29) is 85.1 Å². The van der Waals surface area contributed by atoms with Crippen molar-refractivity contribution in [1.29, 1.82) is 0 Å². The molecule has 0 bridgehead atoms. The van der Waals surface area contributed by atoms with E-state index in [2.05, 4.69) is 13.8 Å². The maximum Gasteiger partial charge on any atom is 0.226 e. The van der Waals surface area contributed by atoms with Gasteiger partial charge in [0.1, 0.15) is 5.78 Å². The molecular weight excluding hydrogens is 700 g/mol. The highest BCUT2D eigenvalue weighted by Gasteiger charge is 2.43. The molecule has 9 atom stereocenters. The molecular formula is C43H70N4O8. The molecule has 2 aliphatic rings. The van der Waals surface area contributed by atoms with E-state index in [0.29, 0.717) is 39.0 Å². The van der Waals surface area contributed by atoms with E-state index in [4.69, 9.17) is 9.47 Å². The fraction of sp³-hybridized carbons (Fsp3) is 0.744. The van der Waals surface area contributed by atoms with E-state index in [9.17, 15) is 29.1 Å². The Kier molecular flexibility index (Phi) is 18.3. The van der Waals surface area contributed by atoms with Crippen LogP contribution in [0.4, 0.5) is 0 Å². The number of benzene rings is 1. The second-order valence-corrected chi connectivity index (χ2v) is 16.5. The number of piperazine rings is 1. The number of hydrogen-bond donors (Lipinski definition) is 1. The number of likely N-dealkylation sites (tertiary alicyclic amines) is 1. The molecule has 2 aliphatic heterocycles. The van der Waals surface area contributed by atoms with Gasteiger partial charge in [0, 0.05) is 91.7 Å². The van der Waals surface area contributed by atoms with Crippen LogP contribution in [0.5, 0.6) is 0 Å². The zero-order valence-electron chi connectivity index (χ0n) is 35.2. The minimum atomic E-state index is -0.607. The molecule has 310 valence electrons. The van der Waals surface area contributed by atoms with Crippen molar-refractivity contribution in [3.63, 3.8) is 0 Å². The molecule has 0 aromatic heterocycles. The Morgan fingerprint density at radius 2 is 1.56 bits per heavy atom. The van der Waals surface area contributed by atoms with Gasteiger partial charge in [-0.25, -0.2) is 0 Å². The van der Waals surface area contributed by atoms with Crippen LogP contribution in [0.1, 0.15) is 92.6 Å². The average molecular weight is 771 g/mol. The third-order valence-corrected chi connectivity index (χ3v) is 12.4. The molecule has 12 nitrogen and oxygen atoms in total. The molecule has 0 spiro atoms. The van der Waals surface area contributed by atoms with E-state index in [0.717, 1.165) is 18.4 Å². The van der Waals surface area contributed by atoms with Crippen LogP contribution in [0.2, 0.25) is 0 Å². The van der Waals surface area contributed by atoms with Gasteiger partial charge in [0.05, 0.1) is 30.7 Å². The molecule has 0 radical (unpaired) electrons. The Hall–Kier alpha value is -3.35. The molecule has 3 rings (SSSR count). The number of rotatable bonds is 20. The third-order valence-electron chi connectivity index (χ3n) is 12.4. The first-order valence-electron chi connectivity index (χ1n) is 20.4. The van der Waals surface area contributed by atoms with Gasteiger partial charge >= 0.3 is 0 Å². The third kappa shape index (κ3) is 12.1. The Morgan fingerprint density at radius 3 is 2.11 bits per heavy atom. The highest BCUT2D eigenvalue weighted by molar-refractivity contribution is 5.87. The Bertz CT molecular complexity index is 1410. The van der Waals surface area contributed by atoms with Crippen LogP contribution in [0.25, 0.3) is 0 Å². The van der Waals surface area contributed by atoms with Crippen molar-refractivity contribution in [1.82, 2.24) is 19.6 Å². The maximum atomic E-state index is 14.4. The van der Waals surface area contributed by atoms with Gasteiger partial charge in [0.15, 0.2) is 0 Å². The predicted octanol–water partition coefficient (Wildman–Crippen LogP) is 4.46. The minimum absolute atomic E-state index is 0.00108. The molecule has 2 heterocycles. The van der Waals surface area contributed by atoms with Gasteiger partial charge in [0.25, 0.3) is 0 Å². The zero-order chi connectivity index (χ0) is 41.0. The standard InChI is InChI=1S/C43H70N4O8/c1-11-29(4)41(44(8)43(53)35(28(2)3)24-39(51)46-21-20-45(32(7)49)26-30(46)5)38(54-9)25-40(52)47-19-15-18-36(47)42(55-10)31(6)37(50)23-34(27-48)22-33-16-13-12-14-17-33/h12-14,16-17,28-31,34-36,38,41-42,48H,11,15,18-27H2,1-10H3/t29-,30-,31-,34+,35-,36-,38+,41-,42+/m0/s1. The van der Waals surface area contributed by atoms with Gasteiger partial charge < -0.3 is 34.2 Å². The number of carbonyl (C=O) groups is 5. The van der Waals surface area contributed by atoms with Crippen molar-refractivity contribution in [2.24, 2.45) is 29.6 Å². The number of amides is 4. The van der Waals surface area contributed by atoms with Gasteiger partial charge in [-0.15, -0.1) is 0 Å². The van der Waals surface area contributed by atoms with Gasteiger partial charge in [-0.1, -0.05) is 71.4 Å². The quantitative estimate of drug-likeness (QED) is 0.206. The van der Waals surface area contributed by atoms with Gasteiger partial charge in [0.2, 0.25) is 23.6 Å². The number of methoxy groups -OCH3 is 2. The number of aliphatic hydroxyl groups is 1. The maximum absolute atomic E-state index is 14.4. The topological polar surface area (TPSA) is 137 Å². The Labute approximate surface area is 330 Å². The molecule has 2 saturated heterocycles. The molecule has 1 aromatic carbocycles. The van der Waals surface area contributed by atoms with Crippen molar-refractivity contribution in [2.45, 2.75) is 124 Å². The number of hydrogen-bond acceptors (Lipinski definition) is 8. The molecule has 4 amide bonds. The van der Waals surface area contributed by atoms with Gasteiger partial charge in [-0.2, -0.15) is 0 Å². The summed E-state index contributed by atoms with van der Waals surface area (Å²) in [7, 11) is 4.92. The van der Waals surface area contributed by atoms with Crippen LogP contribution in [-0.4, -0.2) is 139 Å². The first-order valence-corrected chi connectivity index (χ1v) is 20.4. The monoisotopic (exact) mass is 771 g/mol. The van der Waals surface area contributed by atoms with Crippen LogP contribution >= 0.6 is 0 Å². The number of aliphatic hydroxyl groups excluding tert-OH is 1. The molecule has 1 aromatic rings. The molecule has 55 heavy (non-hydrogen) atoms. The lowest BCUT2D eigenvalue weighted by molar-refractivity contribution is -0.151. The fourth-order valence-electron chi connectivity index (χ4n) is 8.75. The first kappa shape index (κ1) is 46.0. The summed E-state index contributed by atoms with van der Waals surface area (Å²) < 4.78 is 12.0. The van der Waals surface area contributed by atoms with Crippen molar-refractivity contribution < 1.29 is 38.6 Å². The average Bonchev–Trinajstić information content (AvgIpc) is 3.65. The number of Topliss-reactive ketones (excluding diaryl/α,β-unsaturated/α-hetero) is 1. The van der Waals surface area contributed by atoms with Crippen LogP contribution in [-0.2, 0) is 39.9 Å². The summed E-state index contributed by atoms with van der Waals surface area (Å²) in [5, 5.41) is 10.1. The highest BCUT2D eigenvalue weighted by atomic mass is 16.5. The summed E-state index contributed by atoms with van der Waals surface area (Å²) in [6.07, 6.45) is 2.03. The first-order chi connectivity index (χ1) is 26.1. The van der Waals surface area contributed by atoms with Crippen LogP contribution in [0, 0.1) is 29.6 Å². The SMILES string of the molecule is CC[C@H](C)[C@@H]([C@@H](CC(=O)N1CCC[C@H]1[C@H](OC)[C@@H](C)C(=O)C[C@H](CO)Cc1ccccc1)OC)N(C)C(=O)[C@@H](CC(=O)N1CCN(C(C)=O)C[C@@H]1C)C(C)C. The molecule has 12 heteroatoms. The molecule has 1 N–H and O–H groups in total. The summed E-state index contributed by atoms with van der Waals surface area (Å²) in [6.45, 7) is 15.2. The second kappa shape index (κ2) is 21.8. The molecule has 0 aliphatic carbocycles. The van der Waals surface area contributed by atoms with E-state index in [1.165, 1.54) is 6.92 Å². The molecule has 2 fully saturated rings. The number of carbonyl (C=O) groups excluding carboxylic acids is 5. The second-order valence-electron chi connectivity index (χ2n) is 16.5. The fourth-order valence-corrected chi connectivity index (χ4v) is 8.75. The van der Waals surface area contributed by atoms with Gasteiger partial charge in [-0.05, 0) is 49.5 Å². The number of likely N-dealkylation sites (N-methyl/N-ethyl adjacent to an activating group) is 1. The lowest BCUT2D eigenvalue weighted by atomic mass is 9.85. The van der Waals surface area contributed by atoms with E-state index >= 15 is 0 Å². The summed E-state index contributed by atoms with van der Waals surface area (Å²) >= 11 is 0. The number of nitrogens with zero attached hydrogens (tertiary/aromatic N) is 4. The summed E-state index contributed by atoms with van der Waals surface area (Å²) in [5.74, 6) is -1.77. The molecule has 0 saturated carbocycles. The Morgan fingerprint density at radius 1 is 0.909 bits per heavy atom. The molecule has 0 unspecified atom stereocenters. The number of ether oxygens (including phenoxy) is 2. The zero-order valence-corrected chi connectivity index (χ0v) is 35.2. The van der Waals surface area contributed by atoms with E-state index < -0.39 is 30.1 Å². The van der Waals surface area contributed by atoms with Crippen LogP contribution in [0.15, 0.2) is 30.3 Å². The smallest absolute Gasteiger partial charge is 0.226 e. The largest absolute Gasteiger partial charge is 0.396 e. The summed E-state index contributed by atoms with van der Waals surface area (Å²) in [5.41, 5.74) is 1.07. The minimum Gasteiger partial charge on any atom is -0.396 e. The Balaban J connectivity index is 1.73. The van der Waals surface area contributed by atoms with E-state index in [1.54, 1.807) is 36.0 Å². The summed E-state index contributed by atoms with van der Waals surface area (Å²) in [6, 6.07) is 8.96. The lowest BCUT2D eigenvalue weighted by Crippen LogP contribution is -2.56. The van der Waals surface area contributed by atoms with Crippen molar-refractivity contribution in [3.05, 3.63) is 35.9 Å². The van der Waals surface area contributed by atoms with Crippen molar-refractivity contribution >= 4 is 29.4 Å². The highest BCUT2D eigenvalue weighted by Crippen LogP contribution is 2.31. The normalized spacial score (nSPS) is 21.4. The van der Waals surface area contributed by atoms with Gasteiger partial charge in [-0.3, -0.25) is 24.0 Å². The predicted molar refractivity (Wildman–Crippen MR) is 213 cm³/mol. The van der Waals surface area contributed by atoms with E-state index in [1.807, 2.05) is 62.9 Å². The van der Waals surface area contributed by atoms with Crippen molar-refractivity contribution in [3.8, 4) is 0 Å². The summed E-state index contributed by atoms with van der Waals surface area (Å²) in [4.78, 5) is 74.8.